The van der Waals surface area contributed by atoms with Crippen LogP contribution in [0.3, 0.4) is 0 Å². The van der Waals surface area contributed by atoms with E-state index in [1.54, 1.807) is 13.8 Å². The molecule has 9 nitrogen and oxygen atoms in total. The highest BCUT2D eigenvalue weighted by atomic mass is 16.6. The molecule has 3 N–H and O–H groups in total. The average Bonchev–Trinajstić information content (AvgIpc) is 2.70. The Hall–Kier alpha value is -1.81. The standard InChI is InChI=1S/C23H34O9/c1-7-20(4)10-14(26)23(29)21(5)13(25)8-9-19(2,3)17(21)16(28)18(22(23,6)32-20)31-15(27)11-30-12-24/h7,12-13,16-18,25,28-29H,1,8-11H2,2-6H3/t13-,16-,17-,18-,20-,21-,22+,23-/m0/s1. The Balaban J connectivity index is 2.24. The smallest absolute Gasteiger partial charge is 0.344 e. The van der Waals surface area contributed by atoms with E-state index in [0.717, 1.165) is 0 Å². The summed E-state index contributed by atoms with van der Waals surface area (Å²) in [5.74, 6) is -2.37. The molecule has 180 valence electrons. The van der Waals surface area contributed by atoms with Gasteiger partial charge in [-0.3, -0.25) is 9.59 Å². The quantitative estimate of drug-likeness (QED) is 0.311. The van der Waals surface area contributed by atoms with Gasteiger partial charge in [-0.05, 0) is 32.1 Å². The van der Waals surface area contributed by atoms with Crippen molar-refractivity contribution in [2.24, 2.45) is 16.7 Å². The maximum atomic E-state index is 13.7. The summed E-state index contributed by atoms with van der Waals surface area (Å²) in [6.45, 7) is 11.5. The molecule has 0 unspecified atom stereocenters. The lowest BCUT2D eigenvalue weighted by atomic mass is 9.40. The Morgan fingerprint density at radius 2 is 1.88 bits per heavy atom. The first-order valence-corrected chi connectivity index (χ1v) is 10.8. The number of aliphatic hydroxyl groups is 3. The van der Waals surface area contributed by atoms with Crippen LogP contribution in [0.2, 0.25) is 0 Å². The monoisotopic (exact) mass is 454 g/mol. The molecule has 0 amide bonds. The van der Waals surface area contributed by atoms with Crippen molar-refractivity contribution < 1.29 is 43.9 Å². The minimum atomic E-state index is -2.29. The molecule has 0 aromatic carbocycles. The van der Waals surface area contributed by atoms with Crippen LogP contribution in [-0.2, 0) is 28.6 Å². The first-order valence-electron chi connectivity index (χ1n) is 10.8. The topological polar surface area (TPSA) is 140 Å². The van der Waals surface area contributed by atoms with Crippen molar-refractivity contribution in [1.82, 2.24) is 0 Å². The van der Waals surface area contributed by atoms with Crippen molar-refractivity contribution in [1.29, 1.82) is 0 Å². The second kappa shape index (κ2) is 7.62. The molecule has 1 aliphatic heterocycles. The Kier molecular flexibility index (Phi) is 5.91. The fourth-order valence-corrected chi connectivity index (χ4v) is 6.76. The SMILES string of the molecule is C=C[C@@]1(C)CC(=O)[C@]2(O)[C@@]3(C)[C@@H](O)CCC(C)(C)[C@@H]3[C@H](O)[C@H](OC(=O)COC=O)[C@@]2(C)O1. The van der Waals surface area contributed by atoms with Gasteiger partial charge >= 0.3 is 5.97 Å². The summed E-state index contributed by atoms with van der Waals surface area (Å²) in [6, 6.07) is 0. The Morgan fingerprint density at radius 3 is 2.44 bits per heavy atom. The number of carbonyl (C=O) groups excluding carboxylic acids is 3. The number of carbonyl (C=O) groups is 3. The zero-order valence-electron chi connectivity index (χ0n) is 19.3. The average molecular weight is 455 g/mol. The van der Waals surface area contributed by atoms with Crippen LogP contribution in [0.5, 0.6) is 0 Å². The fraction of sp³-hybridized carbons (Fsp3) is 0.783. The first-order chi connectivity index (χ1) is 14.6. The lowest BCUT2D eigenvalue weighted by Crippen LogP contribution is -2.86. The summed E-state index contributed by atoms with van der Waals surface area (Å²) in [5.41, 5.74) is -7.54. The number of Topliss-reactive ketones (excluding diaryl/α,β-unsaturated/α-hetero) is 1. The predicted octanol–water partition coefficient (Wildman–Crippen LogP) is 0.673. The summed E-state index contributed by atoms with van der Waals surface area (Å²) < 4.78 is 16.3. The van der Waals surface area contributed by atoms with Gasteiger partial charge in [0.25, 0.3) is 6.47 Å². The summed E-state index contributed by atoms with van der Waals surface area (Å²) in [6.07, 6.45) is -1.94. The van der Waals surface area contributed by atoms with Crippen LogP contribution in [0.1, 0.15) is 53.9 Å². The third kappa shape index (κ3) is 3.09. The number of fused-ring (bicyclic) bond motifs is 3. The molecule has 2 aliphatic carbocycles. The van der Waals surface area contributed by atoms with Crippen molar-refractivity contribution >= 4 is 18.2 Å². The van der Waals surface area contributed by atoms with Crippen LogP contribution in [0.4, 0.5) is 0 Å². The maximum Gasteiger partial charge on any atom is 0.344 e. The zero-order chi connectivity index (χ0) is 24.3. The van der Waals surface area contributed by atoms with Crippen molar-refractivity contribution in [2.75, 3.05) is 6.61 Å². The van der Waals surface area contributed by atoms with Gasteiger partial charge in [0.05, 0.1) is 17.8 Å². The number of ether oxygens (including phenoxy) is 3. The highest BCUT2D eigenvalue weighted by Crippen LogP contribution is 2.67. The molecule has 3 rings (SSSR count). The van der Waals surface area contributed by atoms with Gasteiger partial charge in [-0.1, -0.05) is 26.8 Å². The minimum Gasteiger partial charge on any atom is -0.456 e. The van der Waals surface area contributed by atoms with Gasteiger partial charge in [-0.2, -0.15) is 0 Å². The van der Waals surface area contributed by atoms with Gasteiger partial charge in [0.15, 0.2) is 24.1 Å². The van der Waals surface area contributed by atoms with Gasteiger partial charge < -0.3 is 29.5 Å². The normalized spacial score (nSPS) is 47.6. The molecular formula is C23H34O9. The molecule has 0 bridgehead atoms. The molecule has 0 aromatic rings. The van der Waals surface area contributed by atoms with E-state index in [1.807, 2.05) is 13.8 Å². The van der Waals surface area contributed by atoms with E-state index in [0.29, 0.717) is 12.8 Å². The highest BCUT2D eigenvalue weighted by molar-refractivity contribution is 5.92. The summed E-state index contributed by atoms with van der Waals surface area (Å²) in [4.78, 5) is 36.6. The molecular weight excluding hydrogens is 420 g/mol. The second-order valence-corrected chi connectivity index (χ2v) is 10.6. The molecule has 3 fully saturated rings. The Morgan fingerprint density at radius 1 is 1.25 bits per heavy atom. The fourth-order valence-electron chi connectivity index (χ4n) is 6.76. The van der Waals surface area contributed by atoms with Gasteiger partial charge in [0.2, 0.25) is 0 Å². The second-order valence-electron chi connectivity index (χ2n) is 10.6. The number of hydrogen-bond acceptors (Lipinski definition) is 9. The number of esters is 1. The van der Waals surface area contributed by atoms with Crippen molar-refractivity contribution in [3.63, 3.8) is 0 Å². The first kappa shape index (κ1) is 24.8. The number of hydrogen-bond donors (Lipinski definition) is 3. The molecule has 32 heavy (non-hydrogen) atoms. The molecule has 3 aliphatic rings. The van der Waals surface area contributed by atoms with E-state index in [-0.39, 0.29) is 12.9 Å². The molecule has 2 saturated carbocycles. The largest absolute Gasteiger partial charge is 0.456 e. The maximum absolute atomic E-state index is 13.7. The Bertz CT molecular complexity index is 824. The van der Waals surface area contributed by atoms with Crippen molar-refractivity contribution in [2.45, 2.75) is 89.0 Å². The highest BCUT2D eigenvalue weighted by Gasteiger charge is 2.81. The number of aliphatic hydroxyl groups excluding tert-OH is 2. The molecule has 9 heteroatoms. The van der Waals surface area contributed by atoms with Gasteiger partial charge in [0, 0.05) is 17.8 Å². The van der Waals surface area contributed by atoms with E-state index in [1.165, 1.54) is 13.0 Å². The van der Waals surface area contributed by atoms with E-state index < -0.39 is 70.2 Å². The van der Waals surface area contributed by atoms with Crippen LogP contribution in [0, 0.1) is 16.7 Å². The predicted molar refractivity (Wildman–Crippen MR) is 111 cm³/mol. The molecule has 0 radical (unpaired) electrons. The van der Waals surface area contributed by atoms with E-state index in [4.69, 9.17) is 9.47 Å². The number of ketones is 1. The van der Waals surface area contributed by atoms with Crippen LogP contribution in [0.25, 0.3) is 0 Å². The van der Waals surface area contributed by atoms with Crippen molar-refractivity contribution in [3.05, 3.63) is 12.7 Å². The molecule has 0 aromatic heterocycles. The van der Waals surface area contributed by atoms with E-state index in [2.05, 4.69) is 11.3 Å². The van der Waals surface area contributed by atoms with Crippen LogP contribution < -0.4 is 0 Å². The molecule has 0 spiro atoms. The van der Waals surface area contributed by atoms with Gasteiger partial charge in [-0.25, -0.2) is 4.79 Å². The molecule has 1 heterocycles. The summed E-state index contributed by atoms with van der Waals surface area (Å²) >= 11 is 0. The summed E-state index contributed by atoms with van der Waals surface area (Å²) in [7, 11) is 0. The van der Waals surface area contributed by atoms with Crippen LogP contribution in [0.15, 0.2) is 12.7 Å². The molecule has 8 atom stereocenters. The zero-order valence-corrected chi connectivity index (χ0v) is 19.3. The lowest BCUT2D eigenvalue weighted by molar-refractivity contribution is -0.370. The number of rotatable bonds is 5. The third-order valence-corrected chi connectivity index (χ3v) is 8.25. The van der Waals surface area contributed by atoms with Crippen molar-refractivity contribution in [3.8, 4) is 0 Å². The summed E-state index contributed by atoms with van der Waals surface area (Å²) in [5, 5.41) is 35.0. The third-order valence-electron chi connectivity index (χ3n) is 8.25. The van der Waals surface area contributed by atoms with Gasteiger partial charge in [0.1, 0.15) is 5.60 Å². The Labute approximate surface area is 187 Å². The van der Waals surface area contributed by atoms with Gasteiger partial charge in [-0.15, -0.1) is 6.58 Å². The molecule has 1 saturated heterocycles. The van der Waals surface area contributed by atoms with Crippen LogP contribution >= 0.6 is 0 Å². The lowest BCUT2D eigenvalue weighted by Gasteiger charge is -2.71. The van der Waals surface area contributed by atoms with E-state index in [9.17, 15) is 29.7 Å². The van der Waals surface area contributed by atoms with E-state index >= 15 is 0 Å². The minimum absolute atomic E-state index is 0.0870. The van der Waals surface area contributed by atoms with Crippen LogP contribution in [-0.4, -0.2) is 75.3 Å².